The average molecular weight is 395 g/mol. The third kappa shape index (κ3) is 2.65. The van der Waals surface area contributed by atoms with E-state index in [1.165, 1.54) is 0 Å². The molecule has 0 aliphatic heterocycles. The van der Waals surface area contributed by atoms with Gasteiger partial charge in [-0.15, -0.1) is 5.10 Å². The van der Waals surface area contributed by atoms with Crippen molar-refractivity contribution in [2.45, 2.75) is 6.92 Å². The highest BCUT2D eigenvalue weighted by atomic mass is 35.5. The van der Waals surface area contributed by atoms with Crippen LogP contribution in [0.15, 0.2) is 55.0 Å². The fourth-order valence-corrected chi connectivity index (χ4v) is 3.34. The lowest BCUT2D eigenvalue weighted by Crippen LogP contribution is -1.99. The molecule has 0 fully saturated rings. The number of aryl methyl sites for hydroxylation is 1. The van der Waals surface area contributed by atoms with Crippen molar-refractivity contribution >= 4 is 39.9 Å². The largest absolute Gasteiger partial charge is 0.216 e. The van der Waals surface area contributed by atoms with Gasteiger partial charge in [0.15, 0.2) is 17.1 Å². The summed E-state index contributed by atoms with van der Waals surface area (Å²) >= 11 is 12.3. The Labute approximate surface area is 164 Å². The number of fused-ring (bicyclic) bond motifs is 3. The van der Waals surface area contributed by atoms with E-state index in [1.54, 1.807) is 21.7 Å². The maximum atomic E-state index is 6.26. The van der Waals surface area contributed by atoms with Gasteiger partial charge >= 0.3 is 0 Å². The summed E-state index contributed by atoms with van der Waals surface area (Å²) in [6.07, 6.45) is 3.37. The third-order valence-corrected chi connectivity index (χ3v) is 5.03. The minimum atomic E-state index is 0.581. The fraction of sp³-hybridized carbons (Fsp3) is 0.0526. The Morgan fingerprint density at radius 2 is 1.89 bits per heavy atom. The van der Waals surface area contributed by atoms with Crippen LogP contribution in [0, 0.1) is 6.92 Å². The lowest BCUT2D eigenvalue weighted by atomic mass is 10.2. The van der Waals surface area contributed by atoms with Crippen LogP contribution in [0.5, 0.6) is 0 Å². The summed E-state index contributed by atoms with van der Waals surface area (Å²) in [6.45, 7) is 1.96. The van der Waals surface area contributed by atoms with Crippen molar-refractivity contribution in [1.29, 1.82) is 0 Å². The monoisotopic (exact) mass is 394 g/mol. The lowest BCUT2D eigenvalue weighted by Gasteiger charge is -2.05. The maximum absolute atomic E-state index is 6.26. The van der Waals surface area contributed by atoms with Crippen LogP contribution in [0.25, 0.3) is 33.8 Å². The van der Waals surface area contributed by atoms with Crippen LogP contribution in [0.3, 0.4) is 0 Å². The van der Waals surface area contributed by atoms with E-state index in [1.807, 2.05) is 49.4 Å². The van der Waals surface area contributed by atoms with Gasteiger partial charge in [0.05, 0.1) is 17.3 Å². The summed E-state index contributed by atoms with van der Waals surface area (Å²) < 4.78 is 3.39. The van der Waals surface area contributed by atoms with E-state index in [0.717, 1.165) is 22.2 Å². The number of rotatable bonds is 2. The Kier molecular flexibility index (Phi) is 3.63. The van der Waals surface area contributed by atoms with Crippen LogP contribution in [0.1, 0.15) is 5.56 Å². The van der Waals surface area contributed by atoms with Gasteiger partial charge in [-0.05, 0) is 36.8 Å². The molecule has 0 radical (unpaired) electrons. The van der Waals surface area contributed by atoms with Crippen LogP contribution < -0.4 is 0 Å². The molecule has 5 aromatic rings. The Hall–Kier alpha value is -2.96. The van der Waals surface area contributed by atoms with Gasteiger partial charge < -0.3 is 0 Å². The molecule has 2 aromatic carbocycles. The molecular formula is C19H12Cl2N6. The second-order valence-corrected chi connectivity index (χ2v) is 7.03. The topological polar surface area (TPSA) is 60.9 Å². The molecule has 0 saturated heterocycles. The molecule has 5 rings (SSSR count). The third-order valence-electron chi connectivity index (χ3n) is 4.39. The maximum Gasteiger partial charge on any atom is 0.182 e. The Morgan fingerprint density at radius 1 is 1.00 bits per heavy atom. The molecule has 0 aliphatic rings. The SMILES string of the molecule is Cc1ccc(-n2ncc3c2ncn2nc(-c4cccc(Cl)c4)nc32)cc1Cl. The molecule has 0 unspecified atom stereocenters. The smallest absolute Gasteiger partial charge is 0.182 e. The first-order valence-electron chi connectivity index (χ1n) is 8.22. The Morgan fingerprint density at radius 3 is 2.70 bits per heavy atom. The van der Waals surface area contributed by atoms with Crippen molar-refractivity contribution in [2.24, 2.45) is 0 Å². The molecule has 0 amide bonds. The van der Waals surface area contributed by atoms with E-state index in [0.29, 0.717) is 27.2 Å². The minimum Gasteiger partial charge on any atom is -0.216 e. The van der Waals surface area contributed by atoms with Gasteiger partial charge in [-0.1, -0.05) is 41.4 Å². The average Bonchev–Trinajstić information content (AvgIpc) is 3.27. The second-order valence-electron chi connectivity index (χ2n) is 6.19. The van der Waals surface area contributed by atoms with Crippen molar-refractivity contribution in [3.8, 4) is 17.1 Å². The summed E-state index contributed by atoms with van der Waals surface area (Å²) in [5.74, 6) is 0.581. The molecule has 132 valence electrons. The molecule has 27 heavy (non-hydrogen) atoms. The zero-order valence-electron chi connectivity index (χ0n) is 14.1. The number of hydrogen-bond acceptors (Lipinski definition) is 4. The van der Waals surface area contributed by atoms with Gasteiger partial charge in [0.1, 0.15) is 6.33 Å². The fourth-order valence-electron chi connectivity index (χ4n) is 2.97. The van der Waals surface area contributed by atoms with Crippen LogP contribution in [0.4, 0.5) is 0 Å². The van der Waals surface area contributed by atoms with Crippen LogP contribution in [-0.4, -0.2) is 29.4 Å². The van der Waals surface area contributed by atoms with E-state index in [2.05, 4.69) is 20.2 Å². The number of benzene rings is 2. The summed E-state index contributed by atoms with van der Waals surface area (Å²) in [5.41, 5.74) is 4.06. The molecule has 0 N–H and O–H groups in total. The van der Waals surface area contributed by atoms with E-state index < -0.39 is 0 Å². The van der Waals surface area contributed by atoms with Crippen LogP contribution in [0.2, 0.25) is 10.0 Å². The molecule has 0 atom stereocenters. The van der Waals surface area contributed by atoms with Gasteiger partial charge in [-0.25, -0.2) is 19.2 Å². The molecule has 0 bridgehead atoms. The molecule has 3 aromatic heterocycles. The summed E-state index contributed by atoms with van der Waals surface area (Å²) in [7, 11) is 0. The zero-order chi connectivity index (χ0) is 18.5. The van der Waals surface area contributed by atoms with Gasteiger partial charge in [-0.3, -0.25) is 0 Å². The van der Waals surface area contributed by atoms with E-state index >= 15 is 0 Å². The highest BCUT2D eigenvalue weighted by molar-refractivity contribution is 6.31. The van der Waals surface area contributed by atoms with Crippen molar-refractivity contribution in [3.05, 3.63) is 70.6 Å². The van der Waals surface area contributed by atoms with Crippen LogP contribution in [-0.2, 0) is 0 Å². The Balaban J connectivity index is 1.70. The van der Waals surface area contributed by atoms with Gasteiger partial charge in [0, 0.05) is 15.6 Å². The lowest BCUT2D eigenvalue weighted by molar-refractivity contribution is 0.882. The molecule has 0 aliphatic carbocycles. The Bertz CT molecular complexity index is 1320. The molecule has 0 spiro atoms. The quantitative estimate of drug-likeness (QED) is 0.433. The normalized spacial score (nSPS) is 11.5. The van der Waals surface area contributed by atoms with E-state index in [4.69, 9.17) is 23.2 Å². The van der Waals surface area contributed by atoms with E-state index in [-0.39, 0.29) is 0 Å². The van der Waals surface area contributed by atoms with E-state index in [9.17, 15) is 0 Å². The predicted octanol–water partition coefficient (Wildman–Crippen LogP) is 4.75. The highest BCUT2D eigenvalue weighted by Crippen LogP contribution is 2.25. The number of halogens is 2. The van der Waals surface area contributed by atoms with Gasteiger partial charge in [-0.2, -0.15) is 5.10 Å². The van der Waals surface area contributed by atoms with Gasteiger partial charge in [0.2, 0.25) is 0 Å². The number of hydrogen-bond donors (Lipinski definition) is 0. The van der Waals surface area contributed by atoms with Crippen molar-refractivity contribution < 1.29 is 0 Å². The molecular weight excluding hydrogens is 383 g/mol. The summed E-state index contributed by atoms with van der Waals surface area (Å²) in [4.78, 5) is 9.18. The van der Waals surface area contributed by atoms with Gasteiger partial charge in [0.25, 0.3) is 0 Å². The first-order chi connectivity index (χ1) is 13.1. The number of nitrogens with zero attached hydrogens (tertiary/aromatic N) is 6. The molecule has 0 saturated carbocycles. The molecule has 8 heteroatoms. The second kappa shape index (κ2) is 6.04. The molecule has 3 heterocycles. The van der Waals surface area contributed by atoms with Crippen LogP contribution >= 0.6 is 23.2 Å². The summed E-state index contributed by atoms with van der Waals surface area (Å²) in [6, 6.07) is 13.2. The van der Waals surface area contributed by atoms with Crippen molar-refractivity contribution in [2.75, 3.05) is 0 Å². The highest BCUT2D eigenvalue weighted by Gasteiger charge is 2.15. The predicted molar refractivity (Wildman–Crippen MR) is 106 cm³/mol. The van der Waals surface area contributed by atoms with Crippen molar-refractivity contribution in [1.82, 2.24) is 29.4 Å². The zero-order valence-corrected chi connectivity index (χ0v) is 15.6. The standard InChI is InChI=1S/C19H12Cl2N6/c1-11-5-6-14(8-16(11)21)27-18-15(9-23-27)19-24-17(25-26(19)10-22-18)12-3-2-4-13(20)7-12/h2-10H,1H3. The first kappa shape index (κ1) is 16.2. The van der Waals surface area contributed by atoms with Crippen molar-refractivity contribution in [3.63, 3.8) is 0 Å². The summed E-state index contributed by atoms with van der Waals surface area (Å²) in [5, 5.41) is 11.1. The first-order valence-corrected chi connectivity index (χ1v) is 8.97. The number of aromatic nitrogens is 6. The minimum absolute atomic E-state index is 0.581. The molecule has 6 nitrogen and oxygen atoms in total.